The van der Waals surface area contributed by atoms with Crippen LogP contribution in [0.1, 0.15) is 66.8 Å². The summed E-state index contributed by atoms with van der Waals surface area (Å²) in [5.41, 5.74) is 16.3. The van der Waals surface area contributed by atoms with Gasteiger partial charge in [0.2, 0.25) is 0 Å². The van der Waals surface area contributed by atoms with E-state index in [9.17, 15) is 0 Å². The van der Waals surface area contributed by atoms with Gasteiger partial charge in [0.1, 0.15) is 0 Å². The van der Waals surface area contributed by atoms with Crippen LogP contribution in [0.4, 0.5) is 0 Å². The summed E-state index contributed by atoms with van der Waals surface area (Å²) in [6.45, 7) is 0. The van der Waals surface area contributed by atoms with Crippen molar-refractivity contribution in [2.45, 2.75) is 38.5 Å². The first-order valence-electron chi connectivity index (χ1n) is 16.3. The SMILES string of the molecule is COc1cc2c(cc1OC)Cc1ccccc1Cc1ccccc1Cc1ccccc1Cc1ccccc1Cc1ccccc1C2. The predicted molar refractivity (Wildman–Crippen MR) is 189 cm³/mol. The zero-order chi connectivity index (χ0) is 31.3. The van der Waals surface area contributed by atoms with Crippen LogP contribution in [-0.2, 0) is 38.5 Å². The Kier molecular flexibility index (Phi) is 8.69. The fourth-order valence-corrected chi connectivity index (χ4v) is 7.04. The van der Waals surface area contributed by atoms with Crippen molar-refractivity contribution in [3.8, 4) is 11.5 Å². The molecule has 46 heavy (non-hydrogen) atoms. The highest BCUT2D eigenvalue weighted by Crippen LogP contribution is 2.35. The standard InChI is InChI=1S/C44H40O2/c1-45-43-29-41-27-39-21-11-9-19-37(39)25-35-17-7-5-15-33(35)23-31-13-3-4-14-32(31)24-34-16-6-8-18-36(34)26-38-20-10-12-22-40(38)28-42(41)30-44(43)46-2/h3-22,29-30H,23-28H2,1-2H3. The number of ether oxygens (including phenoxy) is 2. The Morgan fingerprint density at radius 1 is 0.283 bits per heavy atom. The molecule has 6 aromatic carbocycles. The molecular weight excluding hydrogens is 560 g/mol. The van der Waals surface area contributed by atoms with E-state index in [-0.39, 0.29) is 0 Å². The van der Waals surface area contributed by atoms with E-state index in [1.165, 1.54) is 66.8 Å². The number of hydrogen-bond donors (Lipinski definition) is 0. The molecule has 0 aliphatic heterocycles. The van der Waals surface area contributed by atoms with Crippen LogP contribution in [0.15, 0.2) is 133 Å². The van der Waals surface area contributed by atoms with Gasteiger partial charge in [-0.2, -0.15) is 0 Å². The molecule has 1 aliphatic rings. The van der Waals surface area contributed by atoms with Crippen LogP contribution < -0.4 is 9.47 Å². The van der Waals surface area contributed by atoms with Gasteiger partial charge < -0.3 is 9.47 Å². The maximum atomic E-state index is 5.81. The maximum absolute atomic E-state index is 5.81. The summed E-state index contributed by atoms with van der Waals surface area (Å²) in [6.07, 6.45) is 5.26. The number of rotatable bonds is 2. The summed E-state index contributed by atoms with van der Waals surface area (Å²) in [4.78, 5) is 0. The zero-order valence-electron chi connectivity index (χ0n) is 26.8. The van der Waals surface area contributed by atoms with Crippen LogP contribution in [-0.4, -0.2) is 14.2 Å². The monoisotopic (exact) mass is 600 g/mol. The summed E-state index contributed by atoms with van der Waals surface area (Å²) in [7, 11) is 3.45. The Bertz CT molecular complexity index is 1840. The van der Waals surface area contributed by atoms with Crippen molar-refractivity contribution in [1.29, 1.82) is 0 Å². The third-order valence-corrected chi connectivity index (χ3v) is 9.58. The lowest BCUT2D eigenvalue weighted by Crippen LogP contribution is -2.07. The molecule has 2 heteroatoms. The van der Waals surface area contributed by atoms with Crippen molar-refractivity contribution < 1.29 is 9.47 Å². The van der Waals surface area contributed by atoms with Gasteiger partial charge in [-0.05, 0) is 117 Å². The largest absolute Gasteiger partial charge is 0.493 e. The highest BCUT2D eigenvalue weighted by molar-refractivity contribution is 5.52. The quantitative estimate of drug-likeness (QED) is 0.197. The summed E-state index contributed by atoms with van der Waals surface area (Å²) in [6, 6.07) is 49.2. The highest BCUT2D eigenvalue weighted by atomic mass is 16.5. The molecule has 0 aromatic heterocycles. The third-order valence-electron chi connectivity index (χ3n) is 9.58. The van der Waals surface area contributed by atoms with Crippen LogP contribution in [0.3, 0.4) is 0 Å². The van der Waals surface area contributed by atoms with Gasteiger partial charge >= 0.3 is 0 Å². The van der Waals surface area contributed by atoms with E-state index in [0.29, 0.717) is 0 Å². The van der Waals surface area contributed by atoms with Gasteiger partial charge in [-0.25, -0.2) is 0 Å². The normalized spacial score (nSPS) is 12.9. The van der Waals surface area contributed by atoms with Gasteiger partial charge in [-0.15, -0.1) is 0 Å². The molecule has 0 heterocycles. The molecular formula is C44H40O2. The van der Waals surface area contributed by atoms with Crippen molar-refractivity contribution in [3.05, 3.63) is 200 Å². The van der Waals surface area contributed by atoms with Gasteiger partial charge in [-0.3, -0.25) is 0 Å². The molecule has 0 bridgehead atoms. The summed E-state index contributed by atoms with van der Waals surface area (Å²) < 4.78 is 11.6. The second-order valence-corrected chi connectivity index (χ2v) is 12.4. The van der Waals surface area contributed by atoms with Gasteiger partial charge in [-0.1, -0.05) is 121 Å². The van der Waals surface area contributed by atoms with Gasteiger partial charge in [0.05, 0.1) is 14.2 Å². The summed E-state index contributed by atoms with van der Waals surface area (Å²) >= 11 is 0. The minimum absolute atomic E-state index is 0.770. The second kappa shape index (κ2) is 13.5. The Hall–Kier alpha value is -5.08. The molecule has 7 rings (SSSR count). The zero-order valence-corrected chi connectivity index (χ0v) is 26.8. The number of methoxy groups -OCH3 is 2. The predicted octanol–water partition coefficient (Wildman–Crippen LogP) is 9.56. The van der Waals surface area contributed by atoms with Crippen molar-refractivity contribution in [2.75, 3.05) is 14.2 Å². The minimum Gasteiger partial charge on any atom is -0.493 e. The smallest absolute Gasteiger partial charge is 0.161 e. The maximum Gasteiger partial charge on any atom is 0.161 e. The Morgan fingerprint density at radius 3 is 0.630 bits per heavy atom. The lowest BCUT2D eigenvalue weighted by molar-refractivity contribution is 0.354. The van der Waals surface area contributed by atoms with Crippen LogP contribution in [0, 0.1) is 0 Å². The first-order valence-corrected chi connectivity index (χ1v) is 16.3. The molecule has 0 amide bonds. The van der Waals surface area contributed by atoms with E-state index in [1.807, 2.05) is 0 Å². The lowest BCUT2D eigenvalue weighted by atomic mass is 9.86. The van der Waals surface area contributed by atoms with Crippen molar-refractivity contribution in [2.24, 2.45) is 0 Å². The fourth-order valence-electron chi connectivity index (χ4n) is 7.04. The number of fused-ring (bicyclic) bond motifs is 6. The van der Waals surface area contributed by atoms with Gasteiger partial charge in [0.25, 0.3) is 0 Å². The second-order valence-electron chi connectivity index (χ2n) is 12.4. The van der Waals surface area contributed by atoms with E-state index in [1.54, 1.807) is 14.2 Å². The van der Waals surface area contributed by atoms with E-state index < -0.39 is 0 Å². The average molecular weight is 601 g/mol. The van der Waals surface area contributed by atoms with E-state index in [4.69, 9.17) is 9.47 Å². The molecule has 0 atom stereocenters. The molecule has 0 radical (unpaired) electrons. The molecule has 6 aromatic rings. The molecule has 228 valence electrons. The number of benzene rings is 6. The van der Waals surface area contributed by atoms with Crippen LogP contribution in [0.25, 0.3) is 0 Å². The molecule has 2 nitrogen and oxygen atoms in total. The van der Waals surface area contributed by atoms with Crippen LogP contribution >= 0.6 is 0 Å². The Morgan fingerprint density at radius 2 is 0.457 bits per heavy atom. The summed E-state index contributed by atoms with van der Waals surface area (Å²) in [5, 5.41) is 0. The molecule has 0 saturated heterocycles. The van der Waals surface area contributed by atoms with Crippen molar-refractivity contribution in [1.82, 2.24) is 0 Å². The van der Waals surface area contributed by atoms with Crippen LogP contribution in [0.5, 0.6) is 11.5 Å². The first-order chi connectivity index (χ1) is 22.7. The molecule has 0 saturated carbocycles. The Labute approximate surface area is 273 Å². The Balaban J connectivity index is 1.41. The van der Waals surface area contributed by atoms with Gasteiger partial charge in [0.15, 0.2) is 11.5 Å². The number of hydrogen-bond acceptors (Lipinski definition) is 2. The van der Waals surface area contributed by atoms with Gasteiger partial charge in [0, 0.05) is 0 Å². The fraction of sp³-hybridized carbons (Fsp3) is 0.182. The van der Waals surface area contributed by atoms with E-state index >= 15 is 0 Å². The van der Waals surface area contributed by atoms with E-state index in [2.05, 4.69) is 133 Å². The molecule has 0 N–H and O–H groups in total. The molecule has 0 fully saturated rings. The first kappa shape index (κ1) is 29.6. The average Bonchev–Trinajstić information content (AvgIpc) is 3.09. The van der Waals surface area contributed by atoms with Crippen molar-refractivity contribution >= 4 is 0 Å². The molecule has 1 aliphatic carbocycles. The molecule has 0 spiro atoms. The topological polar surface area (TPSA) is 18.5 Å². The van der Waals surface area contributed by atoms with Crippen LogP contribution in [0.2, 0.25) is 0 Å². The lowest BCUT2D eigenvalue weighted by Gasteiger charge is -2.20. The van der Waals surface area contributed by atoms with Crippen molar-refractivity contribution in [3.63, 3.8) is 0 Å². The van der Waals surface area contributed by atoms with E-state index in [0.717, 1.165) is 50.0 Å². The summed E-state index contributed by atoms with van der Waals surface area (Å²) in [5.74, 6) is 1.54. The third kappa shape index (κ3) is 6.34. The molecule has 0 unspecified atom stereocenters. The minimum atomic E-state index is 0.770. The highest BCUT2D eigenvalue weighted by Gasteiger charge is 2.17.